The molecule has 0 bridgehead atoms. The van der Waals surface area contributed by atoms with Crippen LogP contribution < -0.4 is 5.01 Å². The predicted molar refractivity (Wildman–Crippen MR) is 128 cm³/mol. The number of hydrogen-bond acceptors (Lipinski definition) is 3. The minimum Gasteiger partial charge on any atom is -0.267 e. The van der Waals surface area contributed by atoms with E-state index in [0.717, 1.165) is 28.2 Å². The lowest BCUT2D eigenvalue weighted by atomic mass is 10.1. The van der Waals surface area contributed by atoms with Gasteiger partial charge in [0.15, 0.2) is 0 Å². The van der Waals surface area contributed by atoms with Gasteiger partial charge in [0.2, 0.25) is 0 Å². The van der Waals surface area contributed by atoms with E-state index >= 15 is 0 Å². The molecule has 0 N–H and O–H groups in total. The summed E-state index contributed by atoms with van der Waals surface area (Å²) in [6.45, 7) is 9.89. The van der Waals surface area contributed by atoms with Gasteiger partial charge in [0.1, 0.15) is 0 Å². The number of nitrogens with zero attached hydrogens (tertiary/aromatic N) is 4. The Hall–Kier alpha value is -2.89. The smallest absolute Gasteiger partial charge is 0.267 e. The van der Waals surface area contributed by atoms with Crippen molar-refractivity contribution in [2.24, 2.45) is 5.10 Å². The third-order valence-electron chi connectivity index (χ3n) is 5.42. The highest BCUT2D eigenvalue weighted by Gasteiger charge is 2.31. The van der Waals surface area contributed by atoms with E-state index in [0.29, 0.717) is 27.0 Å². The second-order valence-electron chi connectivity index (χ2n) is 7.74. The van der Waals surface area contributed by atoms with Crippen molar-refractivity contribution in [1.82, 2.24) is 9.78 Å². The predicted octanol–water partition coefficient (Wildman–Crippen LogP) is 6.22. The summed E-state index contributed by atoms with van der Waals surface area (Å²) in [6, 6.07) is 11.2. The standard InChI is InChI=1S/C24H22Cl2N4O/c1-13-6-9-22(14(2)10-13)29-17(5)19(15(3)27-29)12-20-16(4)28-30(24(20)31)23-11-18(25)7-8-21(23)26/h6-12H,1-5H3/b20-12-. The average Bonchev–Trinajstić information content (AvgIpc) is 3.14. The van der Waals surface area contributed by atoms with E-state index in [9.17, 15) is 4.79 Å². The molecule has 1 aromatic heterocycles. The molecule has 7 heteroatoms. The zero-order chi connectivity index (χ0) is 22.4. The molecular formula is C24H22Cl2N4O. The Morgan fingerprint density at radius 3 is 2.39 bits per heavy atom. The molecule has 0 fully saturated rings. The monoisotopic (exact) mass is 452 g/mol. The van der Waals surface area contributed by atoms with Crippen molar-refractivity contribution >= 4 is 46.6 Å². The largest absolute Gasteiger partial charge is 0.280 e. The highest BCUT2D eigenvalue weighted by molar-refractivity contribution is 6.38. The van der Waals surface area contributed by atoms with Gasteiger partial charge < -0.3 is 0 Å². The number of carbonyl (C=O) groups excluding carboxylic acids is 1. The van der Waals surface area contributed by atoms with Crippen LogP contribution in [0.25, 0.3) is 11.8 Å². The van der Waals surface area contributed by atoms with Gasteiger partial charge in [0, 0.05) is 16.3 Å². The quantitative estimate of drug-likeness (QED) is 0.442. The molecule has 0 unspecified atom stereocenters. The fourth-order valence-electron chi connectivity index (χ4n) is 3.78. The Bertz CT molecular complexity index is 1290. The maximum absolute atomic E-state index is 13.2. The summed E-state index contributed by atoms with van der Waals surface area (Å²) in [6.07, 6.45) is 1.86. The first kappa shape index (κ1) is 21.3. The number of hydrogen-bond donors (Lipinski definition) is 0. The van der Waals surface area contributed by atoms with Crippen LogP contribution in [0.5, 0.6) is 0 Å². The number of aromatic nitrogens is 2. The topological polar surface area (TPSA) is 50.5 Å². The Labute approximate surface area is 191 Å². The molecule has 5 nitrogen and oxygen atoms in total. The Morgan fingerprint density at radius 1 is 0.935 bits per heavy atom. The lowest BCUT2D eigenvalue weighted by Gasteiger charge is -2.13. The number of aryl methyl sites for hydroxylation is 3. The van der Waals surface area contributed by atoms with E-state index in [2.05, 4.69) is 37.1 Å². The van der Waals surface area contributed by atoms with Gasteiger partial charge in [0.05, 0.1) is 33.4 Å². The zero-order valence-corrected chi connectivity index (χ0v) is 19.5. The number of amides is 1. The van der Waals surface area contributed by atoms with Crippen molar-refractivity contribution in [2.75, 3.05) is 5.01 Å². The third kappa shape index (κ3) is 3.80. The molecular weight excluding hydrogens is 431 g/mol. The van der Waals surface area contributed by atoms with E-state index in [1.165, 1.54) is 10.6 Å². The summed E-state index contributed by atoms with van der Waals surface area (Å²) in [5, 5.41) is 11.4. The maximum atomic E-state index is 13.2. The molecule has 0 radical (unpaired) electrons. The summed E-state index contributed by atoms with van der Waals surface area (Å²) in [4.78, 5) is 13.2. The zero-order valence-electron chi connectivity index (χ0n) is 18.0. The van der Waals surface area contributed by atoms with Crippen LogP contribution in [0.4, 0.5) is 5.69 Å². The van der Waals surface area contributed by atoms with Crippen molar-refractivity contribution in [2.45, 2.75) is 34.6 Å². The molecule has 2 aromatic carbocycles. The molecule has 158 valence electrons. The van der Waals surface area contributed by atoms with Gasteiger partial charge >= 0.3 is 0 Å². The molecule has 2 heterocycles. The molecule has 0 saturated heterocycles. The van der Waals surface area contributed by atoms with Crippen LogP contribution in [0.2, 0.25) is 10.0 Å². The minimum atomic E-state index is -0.250. The molecule has 1 amide bonds. The molecule has 31 heavy (non-hydrogen) atoms. The molecule has 0 saturated carbocycles. The Morgan fingerprint density at radius 2 is 1.68 bits per heavy atom. The van der Waals surface area contributed by atoms with Crippen LogP contribution in [0.1, 0.15) is 35.0 Å². The van der Waals surface area contributed by atoms with Crippen molar-refractivity contribution < 1.29 is 4.79 Å². The van der Waals surface area contributed by atoms with E-state index in [1.54, 1.807) is 25.1 Å². The van der Waals surface area contributed by atoms with Crippen LogP contribution in [0, 0.1) is 27.7 Å². The highest BCUT2D eigenvalue weighted by atomic mass is 35.5. The lowest BCUT2D eigenvalue weighted by molar-refractivity contribution is -0.114. The highest BCUT2D eigenvalue weighted by Crippen LogP contribution is 2.34. The summed E-state index contributed by atoms with van der Waals surface area (Å²) < 4.78 is 1.92. The van der Waals surface area contributed by atoms with Gasteiger partial charge in [0.25, 0.3) is 5.91 Å². The van der Waals surface area contributed by atoms with Crippen LogP contribution in [-0.2, 0) is 4.79 Å². The maximum Gasteiger partial charge on any atom is 0.280 e. The SMILES string of the molecule is CC1=NN(c2cc(Cl)ccc2Cl)C(=O)/C1=C\c1c(C)nn(-c2ccc(C)cc2C)c1C. The average molecular weight is 453 g/mol. The van der Waals surface area contributed by atoms with Crippen LogP contribution >= 0.6 is 23.2 Å². The Balaban J connectivity index is 1.76. The van der Waals surface area contributed by atoms with E-state index in [1.807, 2.05) is 24.6 Å². The first-order valence-electron chi connectivity index (χ1n) is 9.88. The number of anilines is 1. The normalized spacial score (nSPS) is 15.2. The van der Waals surface area contributed by atoms with Crippen molar-refractivity contribution in [3.8, 4) is 5.69 Å². The van der Waals surface area contributed by atoms with Gasteiger partial charge in [-0.05, 0) is 70.5 Å². The number of halogens is 2. The fourth-order valence-corrected chi connectivity index (χ4v) is 4.15. The third-order valence-corrected chi connectivity index (χ3v) is 5.97. The molecule has 1 aliphatic rings. The summed E-state index contributed by atoms with van der Waals surface area (Å²) in [5.41, 5.74) is 7.63. The van der Waals surface area contributed by atoms with E-state index in [4.69, 9.17) is 28.3 Å². The molecule has 3 aromatic rings. The first-order valence-corrected chi connectivity index (χ1v) is 10.6. The van der Waals surface area contributed by atoms with Gasteiger partial charge in [-0.2, -0.15) is 15.2 Å². The lowest BCUT2D eigenvalue weighted by Crippen LogP contribution is -2.21. The van der Waals surface area contributed by atoms with Crippen molar-refractivity contribution in [1.29, 1.82) is 0 Å². The van der Waals surface area contributed by atoms with Crippen molar-refractivity contribution in [3.63, 3.8) is 0 Å². The van der Waals surface area contributed by atoms with E-state index in [-0.39, 0.29) is 5.91 Å². The fraction of sp³-hybridized carbons (Fsp3) is 0.208. The van der Waals surface area contributed by atoms with Gasteiger partial charge in [-0.3, -0.25) is 4.79 Å². The van der Waals surface area contributed by atoms with E-state index < -0.39 is 0 Å². The van der Waals surface area contributed by atoms with Crippen molar-refractivity contribution in [3.05, 3.63) is 80.1 Å². The Kier molecular flexibility index (Phi) is 5.50. The molecule has 0 atom stereocenters. The molecule has 0 spiro atoms. The number of carbonyl (C=O) groups is 1. The van der Waals surface area contributed by atoms with Gasteiger partial charge in [-0.25, -0.2) is 4.68 Å². The summed E-state index contributed by atoms with van der Waals surface area (Å²) in [5.74, 6) is -0.250. The molecule has 1 aliphatic heterocycles. The first-order chi connectivity index (χ1) is 14.7. The minimum absolute atomic E-state index is 0.250. The van der Waals surface area contributed by atoms with Gasteiger partial charge in [-0.1, -0.05) is 40.9 Å². The van der Waals surface area contributed by atoms with Gasteiger partial charge in [-0.15, -0.1) is 0 Å². The second-order valence-corrected chi connectivity index (χ2v) is 8.59. The van der Waals surface area contributed by atoms with Crippen LogP contribution in [0.3, 0.4) is 0 Å². The number of benzene rings is 2. The van der Waals surface area contributed by atoms with Crippen LogP contribution in [-0.4, -0.2) is 21.4 Å². The number of hydrazone groups is 1. The molecule has 0 aliphatic carbocycles. The summed E-state index contributed by atoms with van der Waals surface area (Å²) >= 11 is 12.4. The number of rotatable bonds is 3. The van der Waals surface area contributed by atoms with Crippen LogP contribution in [0.15, 0.2) is 47.1 Å². The molecule has 4 rings (SSSR count). The summed E-state index contributed by atoms with van der Waals surface area (Å²) in [7, 11) is 0. The second kappa shape index (κ2) is 7.98.